The van der Waals surface area contributed by atoms with Crippen LogP contribution in [0.2, 0.25) is 0 Å². The van der Waals surface area contributed by atoms with Gasteiger partial charge in [0.25, 0.3) is 0 Å². The van der Waals surface area contributed by atoms with Gasteiger partial charge >= 0.3 is 0 Å². The van der Waals surface area contributed by atoms with E-state index in [2.05, 4.69) is 36.8 Å². The molecule has 0 saturated carbocycles. The number of piperidine rings is 1. The van der Waals surface area contributed by atoms with Crippen LogP contribution < -0.4 is 0 Å². The van der Waals surface area contributed by atoms with Gasteiger partial charge in [0.2, 0.25) is 5.91 Å². The van der Waals surface area contributed by atoms with Gasteiger partial charge in [-0.3, -0.25) is 4.79 Å². The van der Waals surface area contributed by atoms with Crippen LogP contribution in [-0.2, 0) is 22.6 Å². The second-order valence-corrected chi connectivity index (χ2v) is 7.40. The third kappa shape index (κ3) is 5.60. The van der Waals surface area contributed by atoms with Crippen molar-refractivity contribution < 1.29 is 9.53 Å². The average Bonchev–Trinajstić information content (AvgIpc) is 2.54. The molecule has 1 aliphatic heterocycles. The highest BCUT2D eigenvalue weighted by molar-refractivity contribution is 5.79. The predicted molar refractivity (Wildman–Crippen MR) is 97.9 cm³/mol. The highest BCUT2D eigenvalue weighted by Gasteiger charge is 2.27. The zero-order valence-corrected chi connectivity index (χ0v) is 15.6. The average molecular weight is 332 g/mol. The maximum absolute atomic E-state index is 13.0. The summed E-state index contributed by atoms with van der Waals surface area (Å²) in [5.74, 6) is 0.751. The second kappa shape index (κ2) is 9.19. The van der Waals surface area contributed by atoms with Crippen molar-refractivity contribution in [3.63, 3.8) is 0 Å². The van der Waals surface area contributed by atoms with Crippen molar-refractivity contribution in [2.45, 2.75) is 45.8 Å². The molecule has 1 fully saturated rings. The molecule has 4 heteroatoms. The molecule has 1 aromatic rings. The Morgan fingerprint density at radius 1 is 1.29 bits per heavy atom. The first kappa shape index (κ1) is 18.9. The quantitative estimate of drug-likeness (QED) is 0.769. The van der Waals surface area contributed by atoms with Crippen LogP contribution in [0.15, 0.2) is 24.3 Å². The molecule has 1 saturated heterocycles. The number of carbonyl (C=O) groups is 1. The zero-order chi connectivity index (χ0) is 17.5. The highest BCUT2D eigenvalue weighted by Crippen LogP contribution is 2.19. The van der Waals surface area contributed by atoms with Crippen molar-refractivity contribution in [2.24, 2.45) is 5.92 Å². The molecule has 2 rings (SSSR count). The van der Waals surface area contributed by atoms with Crippen molar-refractivity contribution in [1.82, 2.24) is 9.80 Å². The molecule has 0 radical (unpaired) electrons. The lowest BCUT2D eigenvalue weighted by atomic mass is 10.00. The molecule has 1 aromatic carbocycles. The van der Waals surface area contributed by atoms with Gasteiger partial charge in [-0.2, -0.15) is 0 Å². The number of likely N-dealkylation sites (tertiary alicyclic amines) is 1. The largest absolute Gasteiger partial charge is 0.380 e. The lowest BCUT2D eigenvalue weighted by molar-refractivity contribution is -0.134. The third-order valence-corrected chi connectivity index (χ3v) is 4.67. The van der Waals surface area contributed by atoms with E-state index in [4.69, 9.17) is 4.74 Å². The number of hydrogen-bond donors (Lipinski definition) is 0. The highest BCUT2D eigenvalue weighted by atomic mass is 16.5. The zero-order valence-electron chi connectivity index (χ0n) is 15.6. The van der Waals surface area contributed by atoms with Gasteiger partial charge in [-0.1, -0.05) is 38.1 Å². The number of ether oxygens (including phenoxy) is 1. The number of carbonyl (C=O) groups excluding carboxylic acids is 1. The molecule has 0 unspecified atom stereocenters. The van der Waals surface area contributed by atoms with Crippen molar-refractivity contribution in [3.8, 4) is 0 Å². The first-order chi connectivity index (χ1) is 11.5. The molecule has 0 aliphatic carbocycles. The molecule has 0 spiro atoms. The van der Waals surface area contributed by atoms with E-state index in [0.29, 0.717) is 25.0 Å². The minimum atomic E-state index is 0.257. The Kier molecular flexibility index (Phi) is 7.25. The van der Waals surface area contributed by atoms with Crippen LogP contribution in [0.3, 0.4) is 0 Å². The fourth-order valence-electron chi connectivity index (χ4n) is 3.43. The Bertz CT molecular complexity index is 522. The van der Waals surface area contributed by atoms with Gasteiger partial charge in [-0.05, 0) is 50.0 Å². The summed E-state index contributed by atoms with van der Waals surface area (Å²) in [7, 11) is 3.86. The number of methoxy groups -OCH3 is 1. The van der Waals surface area contributed by atoms with Crippen molar-refractivity contribution in [1.29, 1.82) is 0 Å². The predicted octanol–water partition coefficient (Wildman–Crippen LogP) is 2.95. The molecule has 1 aliphatic rings. The van der Waals surface area contributed by atoms with Gasteiger partial charge in [0.15, 0.2) is 0 Å². The van der Waals surface area contributed by atoms with Crippen LogP contribution in [0, 0.1) is 5.92 Å². The summed E-state index contributed by atoms with van der Waals surface area (Å²) in [5, 5.41) is 0. The van der Waals surface area contributed by atoms with Gasteiger partial charge in [0.1, 0.15) is 0 Å². The molecule has 1 amide bonds. The van der Waals surface area contributed by atoms with Crippen LogP contribution in [-0.4, -0.2) is 55.5 Å². The van der Waals surface area contributed by atoms with Crippen molar-refractivity contribution >= 4 is 5.91 Å². The van der Waals surface area contributed by atoms with Crippen LogP contribution in [0.5, 0.6) is 0 Å². The molecule has 0 atom stereocenters. The topological polar surface area (TPSA) is 32.8 Å². The number of hydrogen-bond acceptors (Lipinski definition) is 3. The first-order valence-electron chi connectivity index (χ1n) is 9.04. The van der Waals surface area contributed by atoms with E-state index in [1.807, 2.05) is 18.2 Å². The van der Waals surface area contributed by atoms with Crippen molar-refractivity contribution in [3.05, 3.63) is 35.4 Å². The molecule has 134 valence electrons. The molecule has 4 nitrogen and oxygen atoms in total. The van der Waals surface area contributed by atoms with Crippen LogP contribution in [0.25, 0.3) is 0 Å². The minimum absolute atomic E-state index is 0.257. The SMILES string of the molecule is COCc1cccc(CC(=O)N(CC(C)C)C2CCN(C)CC2)c1. The number of benzene rings is 1. The Hall–Kier alpha value is -1.39. The molecule has 24 heavy (non-hydrogen) atoms. The molecule has 0 N–H and O–H groups in total. The number of rotatable bonds is 7. The lowest BCUT2D eigenvalue weighted by Gasteiger charge is -2.38. The summed E-state index contributed by atoms with van der Waals surface area (Å²) in [6.45, 7) is 7.98. The van der Waals surface area contributed by atoms with Crippen LogP contribution >= 0.6 is 0 Å². The number of nitrogens with zero attached hydrogens (tertiary/aromatic N) is 2. The summed E-state index contributed by atoms with van der Waals surface area (Å²) in [6, 6.07) is 8.57. The molecular weight excluding hydrogens is 300 g/mol. The number of amides is 1. The van der Waals surface area contributed by atoms with E-state index in [1.54, 1.807) is 7.11 Å². The molecule has 0 bridgehead atoms. The van der Waals surface area contributed by atoms with E-state index < -0.39 is 0 Å². The van der Waals surface area contributed by atoms with Gasteiger partial charge in [0, 0.05) is 19.7 Å². The lowest BCUT2D eigenvalue weighted by Crippen LogP contribution is -2.48. The van der Waals surface area contributed by atoms with Gasteiger partial charge in [0.05, 0.1) is 13.0 Å². The van der Waals surface area contributed by atoms with Gasteiger partial charge in [-0.15, -0.1) is 0 Å². The minimum Gasteiger partial charge on any atom is -0.380 e. The van der Waals surface area contributed by atoms with Crippen LogP contribution in [0.1, 0.15) is 37.8 Å². The van der Waals surface area contributed by atoms with Gasteiger partial charge in [-0.25, -0.2) is 0 Å². The van der Waals surface area contributed by atoms with Gasteiger partial charge < -0.3 is 14.5 Å². The van der Waals surface area contributed by atoms with Crippen molar-refractivity contribution in [2.75, 3.05) is 33.8 Å². The smallest absolute Gasteiger partial charge is 0.227 e. The fraction of sp³-hybridized carbons (Fsp3) is 0.650. The standard InChI is InChI=1S/C20H32N2O2/c1-16(2)14-22(19-8-10-21(3)11-9-19)20(23)13-17-6-5-7-18(12-17)15-24-4/h5-7,12,16,19H,8-11,13-15H2,1-4H3. The van der Waals surface area contributed by atoms with E-state index >= 15 is 0 Å². The third-order valence-electron chi connectivity index (χ3n) is 4.67. The van der Waals surface area contributed by atoms with E-state index in [-0.39, 0.29) is 5.91 Å². The summed E-state index contributed by atoms with van der Waals surface area (Å²) in [6.07, 6.45) is 2.65. The molecular formula is C20H32N2O2. The normalized spacial score (nSPS) is 16.5. The maximum Gasteiger partial charge on any atom is 0.227 e. The monoisotopic (exact) mass is 332 g/mol. The fourth-order valence-corrected chi connectivity index (χ4v) is 3.43. The Morgan fingerprint density at radius 3 is 2.58 bits per heavy atom. The van der Waals surface area contributed by atoms with E-state index in [1.165, 1.54) is 0 Å². The summed E-state index contributed by atoms with van der Waals surface area (Å²) in [4.78, 5) is 17.5. The second-order valence-electron chi connectivity index (χ2n) is 7.40. The summed E-state index contributed by atoms with van der Waals surface area (Å²) < 4.78 is 5.19. The van der Waals surface area contributed by atoms with E-state index in [0.717, 1.165) is 43.6 Å². The van der Waals surface area contributed by atoms with E-state index in [9.17, 15) is 4.79 Å². The van der Waals surface area contributed by atoms with Crippen LogP contribution in [0.4, 0.5) is 0 Å². The Morgan fingerprint density at radius 2 is 1.96 bits per heavy atom. The maximum atomic E-state index is 13.0. The Balaban J connectivity index is 2.05. The summed E-state index contributed by atoms with van der Waals surface area (Å²) >= 11 is 0. The molecule has 0 aromatic heterocycles. The first-order valence-corrected chi connectivity index (χ1v) is 9.04. The Labute approximate surface area is 146 Å². The summed E-state index contributed by atoms with van der Waals surface area (Å²) in [5.41, 5.74) is 2.20. The molecule has 1 heterocycles.